The first-order valence-electron chi connectivity index (χ1n) is 6.74. The standard InChI is InChI=1S/C14H21N3O2/c1-2-16-14(18)12-6-5-10(15)8-13(12)17-9-11-4-3-7-19-11/h5-6,8,11,17H,2-4,7,9,15H2,1H3,(H,16,18). The van der Waals surface area contributed by atoms with Crippen LogP contribution in [0.4, 0.5) is 11.4 Å². The Kier molecular flexibility index (Phi) is 4.63. The Bertz CT molecular complexity index is 442. The van der Waals surface area contributed by atoms with Crippen molar-refractivity contribution in [2.24, 2.45) is 0 Å². The van der Waals surface area contributed by atoms with Gasteiger partial charge in [0.05, 0.1) is 11.7 Å². The van der Waals surface area contributed by atoms with Crippen molar-refractivity contribution in [2.45, 2.75) is 25.9 Å². The van der Waals surface area contributed by atoms with Crippen molar-refractivity contribution in [1.29, 1.82) is 0 Å². The van der Waals surface area contributed by atoms with Crippen molar-refractivity contribution in [3.05, 3.63) is 23.8 Å². The number of hydrogen-bond acceptors (Lipinski definition) is 4. The Labute approximate surface area is 113 Å². The van der Waals surface area contributed by atoms with Gasteiger partial charge in [-0.2, -0.15) is 0 Å². The van der Waals surface area contributed by atoms with E-state index in [-0.39, 0.29) is 12.0 Å². The normalized spacial score (nSPS) is 18.3. The molecule has 0 radical (unpaired) electrons. The molecule has 1 aliphatic heterocycles. The van der Waals surface area contributed by atoms with Gasteiger partial charge in [0, 0.05) is 31.1 Å². The second-order valence-corrected chi connectivity index (χ2v) is 4.68. The average Bonchev–Trinajstić information content (AvgIpc) is 2.89. The van der Waals surface area contributed by atoms with Gasteiger partial charge in [0.15, 0.2) is 0 Å². The van der Waals surface area contributed by atoms with E-state index < -0.39 is 0 Å². The lowest BCUT2D eigenvalue weighted by atomic mass is 10.1. The van der Waals surface area contributed by atoms with Crippen LogP contribution in [0.1, 0.15) is 30.1 Å². The first kappa shape index (κ1) is 13.7. The maximum absolute atomic E-state index is 11.9. The highest BCUT2D eigenvalue weighted by atomic mass is 16.5. The van der Waals surface area contributed by atoms with Crippen LogP contribution in [0.25, 0.3) is 0 Å². The van der Waals surface area contributed by atoms with Gasteiger partial charge in [-0.1, -0.05) is 0 Å². The van der Waals surface area contributed by atoms with Crippen molar-refractivity contribution >= 4 is 17.3 Å². The molecule has 1 unspecified atom stereocenters. The molecule has 5 heteroatoms. The van der Waals surface area contributed by atoms with Gasteiger partial charge in [-0.25, -0.2) is 0 Å². The van der Waals surface area contributed by atoms with Crippen LogP contribution in [0.2, 0.25) is 0 Å². The summed E-state index contributed by atoms with van der Waals surface area (Å²) in [7, 11) is 0. The van der Waals surface area contributed by atoms with Crippen molar-refractivity contribution in [3.63, 3.8) is 0 Å². The third-order valence-corrected chi connectivity index (χ3v) is 3.17. The lowest BCUT2D eigenvalue weighted by Gasteiger charge is -2.15. The van der Waals surface area contributed by atoms with E-state index in [9.17, 15) is 4.79 Å². The maximum Gasteiger partial charge on any atom is 0.253 e. The number of benzene rings is 1. The summed E-state index contributed by atoms with van der Waals surface area (Å²) in [6.45, 7) is 4.03. The number of ether oxygens (including phenoxy) is 1. The van der Waals surface area contributed by atoms with Gasteiger partial charge >= 0.3 is 0 Å². The summed E-state index contributed by atoms with van der Waals surface area (Å²) >= 11 is 0. The quantitative estimate of drug-likeness (QED) is 0.705. The fraction of sp³-hybridized carbons (Fsp3) is 0.500. The van der Waals surface area contributed by atoms with Crippen LogP contribution in [0.15, 0.2) is 18.2 Å². The second kappa shape index (κ2) is 6.43. The van der Waals surface area contributed by atoms with Crippen molar-refractivity contribution in [3.8, 4) is 0 Å². The topological polar surface area (TPSA) is 76.4 Å². The molecule has 1 aromatic carbocycles. The zero-order chi connectivity index (χ0) is 13.7. The van der Waals surface area contributed by atoms with Crippen LogP contribution in [-0.2, 0) is 4.74 Å². The Morgan fingerprint density at radius 1 is 1.53 bits per heavy atom. The highest BCUT2D eigenvalue weighted by molar-refractivity contribution is 6.00. The first-order valence-corrected chi connectivity index (χ1v) is 6.74. The minimum Gasteiger partial charge on any atom is -0.399 e. The van der Waals surface area contributed by atoms with Gasteiger partial charge < -0.3 is 21.1 Å². The summed E-state index contributed by atoms with van der Waals surface area (Å²) in [5.41, 5.74) is 7.81. The van der Waals surface area contributed by atoms with E-state index in [1.807, 2.05) is 6.92 Å². The van der Waals surface area contributed by atoms with E-state index in [0.29, 0.717) is 24.3 Å². The second-order valence-electron chi connectivity index (χ2n) is 4.68. The largest absolute Gasteiger partial charge is 0.399 e. The third-order valence-electron chi connectivity index (χ3n) is 3.17. The van der Waals surface area contributed by atoms with Crippen LogP contribution in [0.3, 0.4) is 0 Å². The zero-order valence-corrected chi connectivity index (χ0v) is 11.2. The highest BCUT2D eigenvalue weighted by Gasteiger charge is 2.17. The predicted octanol–water partition coefficient (Wildman–Crippen LogP) is 1.61. The number of rotatable bonds is 5. The molecule has 1 aliphatic rings. The third kappa shape index (κ3) is 3.61. The molecule has 1 heterocycles. The molecule has 1 aromatic rings. The Morgan fingerprint density at radius 3 is 3.05 bits per heavy atom. The molecule has 0 aliphatic carbocycles. The minimum atomic E-state index is -0.0858. The summed E-state index contributed by atoms with van der Waals surface area (Å²) in [4.78, 5) is 11.9. The minimum absolute atomic E-state index is 0.0858. The molecule has 0 spiro atoms. The molecule has 2 rings (SSSR count). The summed E-state index contributed by atoms with van der Waals surface area (Å²) in [5.74, 6) is -0.0858. The monoisotopic (exact) mass is 263 g/mol. The molecule has 5 nitrogen and oxygen atoms in total. The molecule has 0 bridgehead atoms. The van der Waals surface area contributed by atoms with Gasteiger partial charge in [0.25, 0.3) is 5.91 Å². The zero-order valence-electron chi connectivity index (χ0n) is 11.2. The number of hydrogen-bond donors (Lipinski definition) is 3. The highest BCUT2D eigenvalue weighted by Crippen LogP contribution is 2.20. The first-order chi connectivity index (χ1) is 9.20. The average molecular weight is 263 g/mol. The summed E-state index contributed by atoms with van der Waals surface area (Å²) in [6.07, 6.45) is 2.39. The lowest BCUT2D eigenvalue weighted by Crippen LogP contribution is -2.25. The number of carbonyl (C=O) groups is 1. The molecule has 1 atom stereocenters. The van der Waals surface area contributed by atoms with Gasteiger partial charge in [0.1, 0.15) is 0 Å². The van der Waals surface area contributed by atoms with E-state index in [1.54, 1.807) is 18.2 Å². The van der Waals surface area contributed by atoms with Crippen LogP contribution in [0, 0.1) is 0 Å². The number of anilines is 2. The van der Waals surface area contributed by atoms with E-state index in [4.69, 9.17) is 10.5 Å². The van der Waals surface area contributed by atoms with E-state index in [2.05, 4.69) is 10.6 Å². The summed E-state index contributed by atoms with van der Waals surface area (Å²) in [5, 5.41) is 6.07. The van der Waals surface area contributed by atoms with Crippen molar-refractivity contribution in [2.75, 3.05) is 30.7 Å². The van der Waals surface area contributed by atoms with Crippen LogP contribution in [-0.4, -0.2) is 31.7 Å². The molecule has 104 valence electrons. The van der Waals surface area contributed by atoms with Crippen molar-refractivity contribution in [1.82, 2.24) is 5.32 Å². The Hall–Kier alpha value is -1.75. The molecule has 1 amide bonds. The maximum atomic E-state index is 11.9. The fourth-order valence-corrected chi connectivity index (χ4v) is 2.19. The molecule has 19 heavy (non-hydrogen) atoms. The molecule has 4 N–H and O–H groups in total. The molecule has 0 saturated carbocycles. The van der Waals surface area contributed by atoms with Crippen LogP contribution < -0.4 is 16.4 Å². The van der Waals surface area contributed by atoms with Gasteiger partial charge in [-0.3, -0.25) is 4.79 Å². The summed E-state index contributed by atoms with van der Waals surface area (Å²) in [6, 6.07) is 5.28. The van der Waals surface area contributed by atoms with Gasteiger partial charge in [0.2, 0.25) is 0 Å². The van der Waals surface area contributed by atoms with E-state index in [1.165, 1.54) is 0 Å². The lowest BCUT2D eigenvalue weighted by molar-refractivity contribution is 0.0956. The smallest absolute Gasteiger partial charge is 0.253 e. The fourth-order valence-electron chi connectivity index (χ4n) is 2.19. The van der Waals surface area contributed by atoms with Crippen molar-refractivity contribution < 1.29 is 9.53 Å². The van der Waals surface area contributed by atoms with Gasteiger partial charge in [-0.05, 0) is 38.0 Å². The predicted molar refractivity (Wildman–Crippen MR) is 76.3 cm³/mol. The molecule has 1 saturated heterocycles. The van der Waals surface area contributed by atoms with Gasteiger partial charge in [-0.15, -0.1) is 0 Å². The Morgan fingerprint density at radius 2 is 2.37 bits per heavy atom. The summed E-state index contributed by atoms with van der Waals surface area (Å²) < 4.78 is 5.56. The molecule has 1 fully saturated rings. The Balaban J connectivity index is 2.07. The molecular weight excluding hydrogens is 242 g/mol. The SMILES string of the molecule is CCNC(=O)c1ccc(N)cc1NCC1CCCO1. The number of nitrogens with two attached hydrogens (primary N) is 1. The number of amides is 1. The number of nitrogen functional groups attached to an aromatic ring is 1. The van der Waals surface area contributed by atoms with Crippen LogP contribution >= 0.6 is 0 Å². The number of carbonyl (C=O) groups excluding carboxylic acids is 1. The van der Waals surface area contributed by atoms with E-state index >= 15 is 0 Å². The van der Waals surface area contributed by atoms with Crippen LogP contribution in [0.5, 0.6) is 0 Å². The number of nitrogens with one attached hydrogen (secondary N) is 2. The molecular formula is C14H21N3O2. The molecule has 0 aromatic heterocycles. The van der Waals surface area contributed by atoms with E-state index in [0.717, 1.165) is 25.1 Å².